The Labute approximate surface area is 124 Å². The molecule has 0 aromatic heterocycles. The van der Waals surface area contributed by atoms with Crippen LogP contribution in [0.2, 0.25) is 0 Å². The minimum atomic E-state index is 0.0268. The number of nitrogens with zero attached hydrogens (tertiary/aromatic N) is 2. The number of amides is 1. The van der Waals surface area contributed by atoms with Gasteiger partial charge in [-0.05, 0) is 38.3 Å². The predicted octanol–water partition coefficient (Wildman–Crippen LogP) is 2.93. The minimum absolute atomic E-state index is 0.0268. The highest BCUT2D eigenvalue weighted by molar-refractivity contribution is 6.28. The molecular weight excluding hydrogens is 274 g/mol. The first kappa shape index (κ1) is 14.9. The molecule has 2 rings (SSSR count). The fourth-order valence-corrected chi connectivity index (χ4v) is 2.55. The van der Waals surface area contributed by atoms with E-state index in [4.69, 9.17) is 17.3 Å². The zero-order chi connectivity index (χ0) is 14.5. The molecule has 108 valence electrons. The largest absolute Gasteiger partial charge is 0.386 e. The van der Waals surface area contributed by atoms with Crippen molar-refractivity contribution in [3.05, 3.63) is 29.8 Å². The Balaban J connectivity index is 2.30. The number of para-hydroxylation sites is 1. The molecule has 1 atom stereocenters. The van der Waals surface area contributed by atoms with Crippen LogP contribution >= 0.6 is 11.6 Å². The van der Waals surface area contributed by atoms with E-state index in [-0.39, 0.29) is 17.8 Å². The van der Waals surface area contributed by atoms with Gasteiger partial charge < -0.3 is 10.6 Å². The fraction of sp³-hybridized carbons (Fsp3) is 0.467. The van der Waals surface area contributed by atoms with Gasteiger partial charge in [0.15, 0.2) is 0 Å². The van der Waals surface area contributed by atoms with Gasteiger partial charge in [0, 0.05) is 12.6 Å². The van der Waals surface area contributed by atoms with Crippen LogP contribution in [0.5, 0.6) is 0 Å². The van der Waals surface area contributed by atoms with Crippen molar-refractivity contribution in [2.24, 2.45) is 10.7 Å². The molecule has 0 saturated carbocycles. The van der Waals surface area contributed by atoms with Crippen molar-refractivity contribution in [1.29, 1.82) is 0 Å². The van der Waals surface area contributed by atoms with Gasteiger partial charge in [-0.3, -0.25) is 4.79 Å². The molecule has 5 heteroatoms. The molecule has 1 saturated heterocycles. The van der Waals surface area contributed by atoms with Gasteiger partial charge in [0.1, 0.15) is 5.84 Å². The summed E-state index contributed by atoms with van der Waals surface area (Å²) in [6.07, 6.45) is 3.30. The summed E-state index contributed by atoms with van der Waals surface area (Å²) < 4.78 is 0. The second-order valence-electron chi connectivity index (χ2n) is 5.10. The fourth-order valence-electron chi connectivity index (χ4n) is 2.49. The van der Waals surface area contributed by atoms with Crippen LogP contribution in [0.4, 0.5) is 5.69 Å². The van der Waals surface area contributed by atoms with E-state index in [0.717, 1.165) is 19.4 Å². The van der Waals surface area contributed by atoms with Crippen LogP contribution in [0.1, 0.15) is 36.5 Å². The number of halogens is 1. The molecule has 1 amide bonds. The van der Waals surface area contributed by atoms with Gasteiger partial charge in [-0.1, -0.05) is 12.1 Å². The van der Waals surface area contributed by atoms with E-state index in [1.165, 1.54) is 6.42 Å². The van der Waals surface area contributed by atoms with Crippen molar-refractivity contribution in [3.8, 4) is 0 Å². The van der Waals surface area contributed by atoms with E-state index in [1.54, 1.807) is 12.1 Å². The van der Waals surface area contributed by atoms with Crippen LogP contribution < -0.4 is 5.73 Å². The molecule has 1 aromatic rings. The Morgan fingerprint density at radius 3 is 2.90 bits per heavy atom. The number of carbonyl (C=O) groups is 1. The van der Waals surface area contributed by atoms with Crippen molar-refractivity contribution in [3.63, 3.8) is 0 Å². The van der Waals surface area contributed by atoms with Crippen molar-refractivity contribution in [1.82, 2.24) is 4.90 Å². The third kappa shape index (κ3) is 3.31. The Morgan fingerprint density at radius 2 is 2.20 bits per heavy atom. The average Bonchev–Trinajstić information content (AvgIpc) is 2.47. The van der Waals surface area contributed by atoms with E-state index < -0.39 is 0 Å². The number of benzene rings is 1. The second kappa shape index (κ2) is 6.75. The molecule has 1 unspecified atom stereocenters. The van der Waals surface area contributed by atoms with Gasteiger partial charge >= 0.3 is 0 Å². The number of aliphatic imine (C=N–C) groups is 1. The van der Waals surface area contributed by atoms with Gasteiger partial charge in [0.2, 0.25) is 0 Å². The molecule has 0 aliphatic carbocycles. The third-order valence-corrected chi connectivity index (χ3v) is 3.87. The SMILES string of the molecule is CC1CCCCN1C(=O)c1ccccc1N=C(N)CCl. The van der Waals surface area contributed by atoms with Gasteiger partial charge in [-0.2, -0.15) is 0 Å². The highest BCUT2D eigenvalue weighted by Gasteiger charge is 2.25. The van der Waals surface area contributed by atoms with Crippen molar-refractivity contribution < 1.29 is 4.79 Å². The summed E-state index contributed by atoms with van der Waals surface area (Å²) >= 11 is 5.65. The first-order chi connectivity index (χ1) is 9.63. The first-order valence-electron chi connectivity index (χ1n) is 6.92. The molecule has 1 heterocycles. The van der Waals surface area contributed by atoms with Gasteiger partial charge in [0.05, 0.1) is 17.1 Å². The van der Waals surface area contributed by atoms with Crippen LogP contribution in [-0.2, 0) is 0 Å². The van der Waals surface area contributed by atoms with Crippen LogP contribution in [0.3, 0.4) is 0 Å². The molecule has 4 nitrogen and oxygen atoms in total. The van der Waals surface area contributed by atoms with E-state index in [2.05, 4.69) is 11.9 Å². The van der Waals surface area contributed by atoms with Gasteiger partial charge in [0.25, 0.3) is 5.91 Å². The lowest BCUT2D eigenvalue weighted by Crippen LogP contribution is -2.42. The summed E-state index contributed by atoms with van der Waals surface area (Å²) in [5.41, 5.74) is 6.86. The summed E-state index contributed by atoms with van der Waals surface area (Å²) in [7, 11) is 0. The molecule has 1 fully saturated rings. The molecular formula is C15H20ClN3O. The Bertz CT molecular complexity index is 516. The van der Waals surface area contributed by atoms with Crippen LogP contribution in [0.15, 0.2) is 29.3 Å². The monoisotopic (exact) mass is 293 g/mol. The topological polar surface area (TPSA) is 58.7 Å². The number of piperidine rings is 1. The second-order valence-corrected chi connectivity index (χ2v) is 5.36. The Hall–Kier alpha value is -1.55. The van der Waals surface area contributed by atoms with Crippen molar-refractivity contribution in [2.45, 2.75) is 32.2 Å². The number of likely N-dealkylation sites (tertiary alicyclic amines) is 1. The lowest BCUT2D eigenvalue weighted by Gasteiger charge is -2.33. The maximum Gasteiger partial charge on any atom is 0.256 e. The summed E-state index contributed by atoms with van der Waals surface area (Å²) in [6.45, 7) is 2.90. The van der Waals surface area contributed by atoms with Crippen molar-refractivity contribution >= 4 is 29.0 Å². The van der Waals surface area contributed by atoms with Crippen molar-refractivity contribution in [2.75, 3.05) is 12.4 Å². The minimum Gasteiger partial charge on any atom is -0.386 e. The van der Waals surface area contributed by atoms with E-state index >= 15 is 0 Å². The number of amidine groups is 1. The number of rotatable bonds is 3. The molecule has 0 bridgehead atoms. The molecule has 1 aromatic carbocycles. The average molecular weight is 294 g/mol. The molecule has 0 spiro atoms. The summed E-state index contributed by atoms with van der Waals surface area (Å²) in [4.78, 5) is 18.8. The molecule has 20 heavy (non-hydrogen) atoms. The molecule has 2 N–H and O–H groups in total. The summed E-state index contributed by atoms with van der Waals surface area (Å²) in [5, 5.41) is 0. The predicted molar refractivity (Wildman–Crippen MR) is 82.8 cm³/mol. The first-order valence-corrected chi connectivity index (χ1v) is 7.46. The smallest absolute Gasteiger partial charge is 0.256 e. The number of carbonyl (C=O) groups excluding carboxylic acids is 1. The number of nitrogens with two attached hydrogens (primary N) is 1. The number of hydrogen-bond acceptors (Lipinski definition) is 2. The van der Waals surface area contributed by atoms with E-state index in [1.807, 2.05) is 17.0 Å². The Kier molecular flexibility index (Phi) is 5.01. The summed E-state index contributed by atoms with van der Waals surface area (Å²) in [5.74, 6) is 0.500. The normalized spacial score (nSPS) is 20.0. The number of hydrogen-bond donors (Lipinski definition) is 1. The zero-order valence-corrected chi connectivity index (χ0v) is 12.4. The molecule has 0 radical (unpaired) electrons. The number of alkyl halides is 1. The molecule has 1 aliphatic rings. The highest BCUT2D eigenvalue weighted by Crippen LogP contribution is 2.24. The van der Waals surface area contributed by atoms with Crippen LogP contribution in [-0.4, -0.2) is 35.1 Å². The van der Waals surface area contributed by atoms with Crippen LogP contribution in [0, 0.1) is 0 Å². The lowest BCUT2D eigenvalue weighted by molar-refractivity contribution is 0.0636. The third-order valence-electron chi connectivity index (χ3n) is 3.60. The van der Waals surface area contributed by atoms with Gasteiger partial charge in [-0.15, -0.1) is 11.6 Å². The van der Waals surface area contributed by atoms with E-state index in [9.17, 15) is 4.79 Å². The zero-order valence-electron chi connectivity index (χ0n) is 11.7. The van der Waals surface area contributed by atoms with Crippen LogP contribution in [0.25, 0.3) is 0 Å². The standard InChI is InChI=1S/C15H20ClN3O/c1-11-6-4-5-9-19(11)15(20)12-7-2-3-8-13(12)18-14(17)10-16/h2-3,7-8,11H,4-6,9-10H2,1H3,(H2,17,18). The quantitative estimate of drug-likeness (QED) is 0.529. The highest BCUT2D eigenvalue weighted by atomic mass is 35.5. The maximum atomic E-state index is 12.7. The molecule has 1 aliphatic heterocycles. The summed E-state index contributed by atoms with van der Waals surface area (Å²) in [6, 6.07) is 7.55. The maximum absolute atomic E-state index is 12.7. The Morgan fingerprint density at radius 1 is 1.45 bits per heavy atom. The lowest BCUT2D eigenvalue weighted by atomic mass is 10.0. The van der Waals surface area contributed by atoms with Gasteiger partial charge in [-0.25, -0.2) is 4.99 Å². The van der Waals surface area contributed by atoms with E-state index in [0.29, 0.717) is 17.1 Å².